The number of amides is 1. The Morgan fingerprint density at radius 3 is 2.23 bits per heavy atom. The molecule has 1 saturated carbocycles. The molecule has 14 heteroatoms. The number of ether oxygens (including phenoxy) is 6. The minimum Gasteiger partial charge on any atom is -0.460 e. The van der Waals surface area contributed by atoms with Gasteiger partial charge in [-0.2, -0.15) is 0 Å². The van der Waals surface area contributed by atoms with Crippen LogP contribution in [0.4, 0.5) is 0 Å². The highest BCUT2D eigenvalue weighted by Crippen LogP contribution is 2.39. The number of hydrogen-bond acceptors (Lipinski definition) is 13. The fourth-order valence-corrected chi connectivity index (χ4v) is 10.4. The Bertz CT molecular complexity index is 1770. The third kappa shape index (κ3) is 14.1. The number of aliphatic hydroxyl groups is 2. The number of aliphatic hydroxyl groups excluding tert-OH is 2. The van der Waals surface area contributed by atoms with E-state index in [1.54, 1.807) is 34.1 Å². The molecule has 2 N–H and O–H groups in total. The topological polar surface area (TPSA) is 184 Å². The predicted molar refractivity (Wildman–Crippen MR) is 250 cm³/mol. The Kier molecular flexibility index (Phi) is 21.6. The molecule has 0 aromatic carbocycles. The summed E-state index contributed by atoms with van der Waals surface area (Å²) in [5, 5.41) is 22.0. The number of ketones is 3. The summed E-state index contributed by atoms with van der Waals surface area (Å²) in [6.07, 6.45) is 12.1. The Morgan fingerprint density at radius 2 is 1.56 bits per heavy atom. The molecule has 0 aromatic heterocycles. The third-order valence-electron chi connectivity index (χ3n) is 14.7. The SMILES string of the molecule is CO[C@H]1C[C@@H]2CC[C@@H](C)[C@@](OC)(O2)C(=O)C(=O)N2CCCC[C@H]2C(=O)O[C@H]([C@@H](C)C[C@@H]2CC[C@@H](O)[C@H](OC)C2)CC(=O)[C@H](C)/C=C(\C)[C@@H](O)[C@@H](OC)C(=O)[C@H](C)C[C@H](C)/C=C/C=C/C=C/1C. The zero-order valence-corrected chi connectivity index (χ0v) is 41.6. The predicted octanol–water partition coefficient (Wildman–Crippen LogP) is 6.83. The van der Waals surface area contributed by atoms with Gasteiger partial charge in [-0.05, 0) is 107 Å². The summed E-state index contributed by atoms with van der Waals surface area (Å²) in [6, 6.07) is -1.08. The lowest BCUT2D eigenvalue weighted by Gasteiger charge is -2.44. The summed E-state index contributed by atoms with van der Waals surface area (Å²) in [5.41, 5.74) is 1.32. The molecule has 66 heavy (non-hydrogen) atoms. The number of carbonyl (C=O) groups is 5. The Labute approximate surface area is 393 Å². The van der Waals surface area contributed by atoms with Crippen LogP contribution in [0, 0.1) is 35.5 Å². The van der Waals surface area contributed by atoms with Gasteiger partial charge in [0.15, 0.2) is 5.78 Å². The molecule has 14 nitrogen and oxygen atoms in total. The molecule has 0 spiro atoms. The van der Waals surface area contributed by atoms with E-state index in [1.165, 1.54) is 19.1 Å². The first-order valence-electron chi connectivity index (χ1n) is 24.3. The zero-order chi connectivity index (χ0) is 48.9. The van der Waals surface area contributed by atoms with Crippen molar-refractivity contribution in [3.8, 4) is 0 Å². The number of fused-ring (bicyclic) bond motifs is 3. The summed E-state index contributed by atoms with van der Waals surface area (Å²) in [6.45, 7) is 13.1. The van der Waals surface area contributed by atoms with Gasteiger partial charge < -0.3 is 43.5 Å². The summed E-state index contributed by atoms with van der Waals surface area (Å²) < 4.78 is 35.8. The highest BCUT2D eigenvalue weighted by Gasteiger charge is 2.54. The van der Waals surface area contributed by atoms with E-state index in [4.69, 9.17) is 28.4 Å². The summed E-state index contributed by atoms with van der Waals surface area (Å²) in [5.74, 6) is -6.64. The first kappa shape index (κ1) is 55.2. The molecule has 15 atom stereocenters. The molecule has 4 rings (SSSR count). The molecule has 3 heterocycles. The van der Waals surface area contributed by atoms with Gasteiger partial charge in [-0.15, -0.1) is 0 Å². The van der Waals surface area contributed by atoms with Crippen LogP contribution in [0.1, 0.15) is 126 Å². The van der Waals surface area contributed by atoms with Crippen molar-refractivity contribution in [3.05, 3.63) is 47.6 Å². The van der Waals surface area contributed by atoms with Crippen LogP contribution >= 0.6 is 0 Å². The number of Topliss-reactive ketones (excluding diaryl/α,β-unsaturated/α-hetero) is 3. The maximum Gasteiger partial charge on any atom is 0.329 e. The normalized spacial score (nSPS) is 40.0. The second-order valence-corrected chi connectivity index (χ2v) is 19.8. The van der Waals surface area contributed by atoms with Crippen molar-refractivity contribution in [1.82, 2.24) is 4.90 Å². The van der Waals surface area contributed by atoms with Crippen LogP contribution in [0.25, 0.3) is 0 Å². The molecular formula is C52H81NO13. The monoisotopic (exact) mass is 928 g/mol. The molecule has 2 bridgehead atoms. The van der Waals surface area contributed by atoms with Crippen molar-refractivity contribution in [2.24, 2.45) is 35.5 Å². The second kappa shape index (κ2) is 25.8. The summed E-state index contributed by atoms with van der Waals surface area (Å²) in [4.78, 5) is 72.6. The number of nitrogens with zero attached hydrogens (tertiary/aromatic N) is 1. The molecule has 2 saturated heterocycles. The van der Waals surface area contributed by atoms with Gasteiger partial charge in [0.05, 0.1) is 24.4 Å². The van der Waals surface area contributed by atoms with E-state index >= 15 is 0 Å². The lowest BCUT2D eigenvalue weighted by Crippen LogP contribution is -2.61. The van der Waals surface area contributed by atoms with Gasteiger partial charge in [0.1, 0.15) is 30.1 Å². The molecule has 0 aromatic rings. The highest BCUT2D eigenvalue weighted by molar-refractivity contribution is 6.39. The smallest absolute Gasteiger partial charge is 0.329 e. The molecule has 1 amide bonds. The van der Waals surface area contributed by atoms with E-state index < -0.39 is 77.8 Å². The van der Waals surface area contributed by atoms with E-state index in [2.05, 4.69) is 0 Å². The molecule has 4 aliphatic rings. The van der Waals surface area contributed by atoms with Crippen LogP contribution in [0.5, 0.6) is 0 Å². The lowest BCUT2D eigenvalue weighted by atomic mass is 9.78. The van der Waals surface area contributed by atoms with Crippen molar-refractivity contribution in [1.29, 1.82) is 0 Å². The molecule has 3 fully saturated rings. The number of esters is 1. The van der Waals surface area contributed by atoms with Crippen LogP contribution in [-0.2, 0) is 52.4 Å². The van der Waals surface area contributed by atoms with Gasteiger partial charge in [0.2, 0.25) is 5.79 Å². The van der Waals surface area contributed by atoms with Gasteiger partial charge in [0.25, 0.3) is 11.7 Å². The van der Waals surface area contributed by atoms with Crippen LogP contribution in [0.3, 0.4) is 0 Å². The van der Waals surface area contributed by atoms with Crippen LogP contribution in [0.2, 0.25) is 0 Å². The van der Waals surface area contributed by atoms with Crippen molar-refractivity contribution in [3.63, 3.8) is 0 Å². The van der Waals surface area contributed by atoms with Crippen molar-refractivity contribution >= 4 is 29.2 Å². The summed E-state index contributed by atoms with van der Waals surface area (Å²) in [7, 11) is 5.94. The number of allylic oxidation sites excluding steroid dienone is 6. The number of carbonyl (C=O) groups excluding carboxylic acids is 5. The minimum atomic E-state index is -1.89. The number of piperidine rings is 1. The Hall–Kier alpha value is -3.37. The molecule has 3 aliphatic heterocycles. The van der Waals surface area contributed by atoms with Gasteiger partial charge in [-0.25, -0.2) is 4.79 Å². The largest absolute Gasteiger partial charge is 0.460 e. The molecule has 0 unspecified atom stereocenters. The van der Waals surface area contributed by atoms with E-state index in [1.807, 2.05) is 65.0 Å². The fraction of sp³-hybridized carbons (Fsp3) is 0.750. The maximum absolute atomic E-state index is 14.5. The van der Waals surface area contributed by atoms with Crippen LogP contribution in [-0.4, -0.2) is 134 Å². The number of methoxy groups -OCH3 is 4. The van der Waals surface area contributed by atoms with Gasteiger partial charge in [-0.3, -0.25) is 19.2 Å². The average Bonchev–Trinajstić information content (AvgIpc) is 3.30. The van der Waals surface area contributed by atoms with Crippen molar-refractivity contribution < 1.29 is 62.6 Å². The van der Waals surface area contributed by atoms with Gasteiger partial charge >= 0.3 is 5.97 Å². The van der Waals surface area contributed by atoms with Crippen LogP contribution < -0.4 is 0 Å². The van der Waals surface area contributed by atoms with E-state index in [0.717, 1.165) is 12.0 Å². The average molecular weight is 928 g/mol. The van der Waals surface area contributed by atoms with E-state index in [0.29, 0.717) is 63.4 Å². The molecule has 0 radical (unpaired) electrons. The lowest BCUT2D eigenvalue weighted by molar-refractivity contribution is -0.277. The Balaban J connectivity index is 1.72. The Morgan fingerprint density at radius 1 is 0.833 bits per heavy atom. The number of cyclic esters (lactones) is 1. The van der Waals surface area contributed by atoms with Gasteiger partial charge in [0, 0.05) is 65.6 Å². The minimum absolute atomic E-state index is 0.0307. The van der Waals surface area contributed by atoms with Gasteiger partial charge in [-0.1, -0.05) is 71.1 Å². The second-order valence-electron chi connectivity index (χ2n) is 19.8. The standard InChI is InChI=1S/C52H81NO13/c1-31-17-13-12-14-18-32(2)43(61-8)29-39-22-20-37(7)52(64-11,66-39)49(58)50(59)53-24-16-15-19-40(53)51(60)65-44(34(4)27-38-21-23-41(54)45(28-38)62-9)30-42(55)33(3)26-36(6)47(57)48(63-10)46(56)35(5)25-31/h12-14,17-18,26,31,33-35,37-41,43-45,47-48,54,57H,15-16,19-25,27-30H2,1-11H3/b14-12+,17-13+,32-18+,36-26+/t31-,33-,34+,35-,37-,38+,39+,40+,41-,43+,44+,45-,47-,48+,52-/m1/s1. The zero-order valence-electron chi connectivity index (χ0n) is 41.6. The third-order valence-corrected chi connectivity index (χ3v) is 14.7. The van der Waals surface area contributed by atoms with Crippen molar-refractivity contribution in [2.75, 3.05) is 35.0 Å². The maximum atomic E-state index is 14.5. The number of hydrogen-bond donors (Lipinski definition) is 2. The van der Waals surface area contributed by atoms with Crippen LogP contribution in [0.15, 0.2) is 47.6 Å². The van der Waals surface area contributed by atoms with Crippen molar-refractivity contribution in [2.45, 2.75) is 180 Å². The highest BCUT2D eigenvalue weighted by atomic mass is 16.7. The first-order valence-corrected chi connectivity index (χ1v) is 24.3. The van der Waals surface area contributed by atoms with E-state index in [9.17, 15) is 34.2 Å². The fourth-order valence-electron chi connectivity index (χ4n) is 10.4. The summed E-state index contributed by atoms with van der Waals surface area (Å²) >= 11 is 0. The van der Waals surface area contributed by atoms with E-state index in [-0.39, 0.29) is 60.9 Å². The molecule has 1 aliphatic carbocycles. The molecular weight excluding hydrogens is 847 g/mol. The molecule has 372 valence electrons. The number of rotatable bonds is 7. The first-order chi connectivity index (χ1) is 31.3. The quantitative estimate of drug-likeness (QED) is 0.154.